The molecule has 0 spiro atoms. The first-order chi connectivity index (χ1) is 15.7. The number of aliphatic hydroxyl groups excluding tert-OH is 2. The summed E-state index contributed by atoms with van der Waals surface area (Å²) < 4.78 is 76.4. The maximum absolute atomic E-state index is 12.7. The van der Waals surface area contributed by atoms with E-state index in [9.17, 15) is 26.3 Å². The molecule has 4 nitrogen and oxygen atoms in total. The van der Waals surface area contributed by atoms with E-state index in [0.29, 0.717) is 17.7 Å². The van der Waals surface area contributed by atoms with Crippen LogP contribution in [0.3, 0.4) is 0 Å². The Bertz CT molecular complexity index is 1060. The molecular formula is C24H23F6IrN2O2-. The molecule has 0 aliphatic rings. The van der Waals surface area contributed by atoms with Crippen LogP contribution in [0.4, 0.5) is 26.3 Å². The summed E-state index contributed by atoms with van der Waals surface area (Å²) in [5.74, 6) is 0. The molecule has 1 radical (unpaired) electrons. The van der Waals surface area contributed by atoms with Crippen molar-refractivity contribution < 1.29 is 56.7 Å². The molecule has 3 rings (SSSR count). The van der Waals surface area contributed by atoms with Crippen LogP contribution in [0.25, 0.3) is 22.5 Å². The molecular weight excluding hydrogens is 654 g/mol. The number of hydrogen-bond acceptors (Lipinski definition) is 4. The number of halogens is 6. The Balaban J connectivity index is 0.000000672. The fourth-order valence-electron chi connectivity index (χ4n) is 2.93. The SMILES string of the molecule is CC(O)CC(C)O.Cc1cnc(-c2[c-]cc(C(F)(F)F)cc2)c(-c2ccc(C(F)(F)F)cc2)n1.[Ir]. The van der Waals surface area contributed by atoms with Gasteiger partial charge in [-0.3, -0.25) is 4.98 Å². The van der Waals surface area contributed by atoms with Crippen molar-refractivity contribution >= 4 is 0 Å². The van der Waals surface area contributed by atoms with Gasteiger partial charge in [0.25, 0.3) is 0 Å². The minimum absolute atomic E-state index is 0. The molecule has 2 N–H and O–H groups in total. The Morgan fingerprint density at radius 1 is 0.829 bits per heavy atom. The second kappa shape index (κ2) is 12.6. The van der Waals surface area contributed by atoms with Crippen LogP contribution in [0, 0.1) is 13.0 Å². The van der Waals surface area contributed by atoms with E-state index in [1.807, 2.05) is 0 Å². The molecule has 3 aromatic rings. The van der Waals surface area contributed by atoms with Gasteiger partial charge in [-0.15, -0.1) is 29.8 Å². The zero-order valence-corrected chi connectivity index (χ0v) is 21.3. The van der Waals surface area contributed by atoms with Crippen LogP contribution in [0.1, 0.15) is 37.1 Å². The van der Waals surface area contributed by atoms with E-state index in [-0.39, 0.29) is 49.3 Å². The summed E-state index contributed by atoms with van der Waals surface area (Å²) in [5, 5.41) is 17.1. The number of aliphatic hydroxyl groups is 2. The number of aryl methyl sites for hydroxylation is 1. The molecule has 0 amide bonds. The fraction of sp³-hybridized carbons (Fsp3) is 0.333. The maximum atomic E-state index is 12.7. The van der Waals surface area contributed by atoms with Crippen molar-refractivity contribution in [3.63, 3.8) is 0 Å². The number of hydrogen-bond donors (Lipinski definition) is 2. The molecule has 1 heterocycles. The summed E-state index contributed by atoms with van der Waals surface area (Å²) in [6.45, 7) is 4.97. The van der Waals surface area contributed by atoms with Gasteiger partial charge in [-0.25, -0.2) is 0 Å². The van der Waals surface area contributed by atoms with E-state index in [4.69, 9.17) is 10.2 Å². The quantitative estimate of drug-likeness (QED) is 0.259. The molecule has 0 aliphatic heterocycles. The third-order valence-electron chi connectivity index (χ3n) is 4.46. The first-order valence-electron chi connectivity index (χ1n) is 10.1. The molecule has 0 bridgehead atoms. The molecule has 0 fully saturated rings. The molecule has 2 unspecified atom stereocenters. The summed E-state index contributed by atoms with van der Waals surface area (Å²) in [5.41, 5.74) is -0.0424. The van der Waals surface area contributed by atoms with Gasteiger partial charge in [0.05, 0.1) is 29.2 Å². The van der Waals surface area contributed by atoms with Gasteiger partial charge < -0.3 is 15.2 Å². The van der Waals surface area contributed by atoms with E-state index in [0.717, 1.165) is 24.3 Å². The molecule has 0 aliphatic carbocycles. The van der Waals surface area contributed by atoms with E-state index in [1.165, 1.54) is 24.4 Å². The zero-order chi connectivity index (χ0) is 25.7. The molecule has 2 atom stereocenters. The van der Waals surface area contributed by atoms with Gasteiger partial charge in [0.2, 0.25) is 0 Å². The Labute approximate surface area is 212 Å². The molecule has 0 saturated carbocycles. The van der Waals surface area contributed by atoms with Crippen molar-refractivity contribution in [2.45, 2.75) is 51.8 Å². The number of rotatable bonds is 4. The van der Waals surface area contributed by atoms with Crippen molar-refractivity contribution in [1.29, 1.82) is 0 Å². The van der Waals surface area contributed by atoms with Gasteiger partial charge >= 0.3 is 12.4 Å². The topological polar surface area (TPSA) is 66.2 Å². The van der Waals surface area contributed by atoms with E-state index in [1.54, 1.807) is 20.8 Å². The van der Waals surface area contributed by atoms with Gasteiger partial charge in [0.1, 0.15) is 0 Å². The molecule has 0 saturated heterocycles. The van der Waals surface area contributed by atoms with Crippen LogP contribution >= 0.6 is 0 Å². The third-order valence-corrected chi connectivity index (χ3v) is 4.46. The zero-order valence-electron chi connectivity index (χ0n) is 18.9. The minimum atomic E-state index is -4.50. The number of benzene rings is 2. The first kappa shape index (κ1) is 30.7. The van der Waals surface area contributed by atoms with Gasteiger partial charge in [-0.1, -0.05) is 12.1 Å². The Kier molecular flexibility index (Phi) is 11.0. The van der Waals surface area contributed by atoms with Crippen LogP contribution in [-0.4, -0.2) is 32.4 Å². The normalized spacial score (nSPS) is 13.2. The second-order valence-electron chi connectivity index (χ2n) is 7.71. The standard InChI is InChI=1S/C19H11F6N2.C5H12O2.Ir/c1-11-10-26-16(12-2-6-14(7-3-12)18(20,21)22)17(27-11)13-4-8-15(9-5-13)19(23,24)25;1-4(6)3-5(2)7;/h2,4-10H,1H3;4-7H,3H2,1-2H3;/q-1;;. The van der Waals surface area contributed by atoms with Crippen LogP contribution in [-0.2, 0) is 32.5 Å². The van der Waals surface area contributed by atoms with Crippen molar-refractivity contribution in [2.24, 2.45) is 0 Å². The van der Waals surface area contributed by atoms with E-state index < -0.39 is 23.5 Å². The predicted molar refractivity (Wildman–Crippen MR) is 114 cm³/mol. The first-order valence-corrected chi connectivity index (χ1v) is 10.1. The molecule has 193 valence electrons. The summed E-state index contributed by atoms with van der Waals surface area (Å²) in [6, 6.07) is 9.75. The van der Waals surface area contributed by atoms with Crippen molar-refractivity contribution in [3.8, 4) is 22.5 Å². The number of aromatic nitrogens is 2. The van der Waals surface area contributed by atoms with Crippen LogP contribution in [0.15, 0.2) is 48.7 Å². The monoisotopic (exact) mass is 678 g/mol. The summed E-state index contributed by atoms with van der Waals surface area (Å²) in [4.78, 5) is 8.49. The molecule has 11 heteroatoms. The van der Waals surface area contributed by atoms with Gasteiger partial charge in [-0.05, 0) is 50.5 Å². The van der Waals surface area contributed by atoms with E-state index >= 15 is 0 Å². The Morgan fingerprint density at radius 3 is 1.74 bits per heavy atom. The Morgan fingerprint density at radius 2 is 1.34 bits per heavy atom. The molecule has 2 aromatic carbocycles. The molecule has 1 aromatic heterocycles. The van der Waals surface area contributed by atoms with Crippen LogP contribution in [0.2, 0.25) is 0 Å². The average Bonchev–Trinajstić information content (AvgIpc) is 2.72. The average molecular weight is 678 g/mol. The summed E-state index contributed by atoms with van der Waals surface area (Å²) in [7, 11) is 0. The number of alkyl halides is 6. The Hall–Kier alpha value is -2.33. The van der Waals surface area contributed by atoms with Gasteiger partial charge in [0.15, 0.2) is 0 Å². The minimum Gasteiger partial charge on any atom is -0.393 e. The van der Waals surface area contributed by atoms with Gasteiger partial charge in [-0.2, -0.15) is 26.3 Å². The third kappa shape index (κ3) is 9.33. The fourth-order valence-corrected chi connectivity index (χ4v) is 2.93. The largest absolute Gasteiger partial charge is 0.416 e. The van der Waals surface area contributed by atoms with Crippen LogP contribution < -0.4 is 0 Å². The summed E-state index contributed by atoms with van der Waals surface area (Å²) in [6.07, 6.45) is -7.82. The van der Waals surface area contributed by atoms with Crippen LogP contribution in [0.5, 0.6) is 0 Å². The summed E-state index contributed by atoms with van der Waals surface area (Å²) >= 11 is 0. The number of nitrogens with zero attached hydrogens (tertiary/aromatic N) is 2. The van der Waals surface area contributed by atoms with Crippen molar-refractivity contribution in [1.82, 2.24) is 9.97 Å². The smallest absolute Gasteiger partial charge is 0.393 e. The van der Waals surface area contributed by atoms with Gasteiger partial charge in [0, 0.05) is 32.0 Å². The van der Waals surface area contributed by atoms with E-state index in [2.05, 4.69) is 16.0 Å². The van der Waals surface area contributed by atoms with Crippen molar-refractivity contribution in [3.05, 3.63) is 71.5 Å². The maximum Gasteiger partial charge on any atom is 0.416 e. The second-order valence-corrected chi connectivity index (χ2v) is 7.71. The molecule has 35 heavy (non-hydrogen) atoms. The predicted octanol–water partition coefficient (Wildman–Crippen LogP) is 6.09. The van der Waals surface area contributed by atoms with Crippen molar-refractivity contribution in [2.75, 3.05) is 0 Å².